The lowest BCUT2D eigenvalue weighted by atomic mass is 9.90. The van der Waals surface area contributed by atoms with E-state index in [1.54, 1.807) is 6.92 Å². The second-order valence-corrected chi connectivity index (χ2v) is 9.43. The summed E-state index contributed by atoms with van der Waals surface area (Å²) in [6.45, 7) is 9.29. The van der Waals surface area contributed by atoms with Gasteiger partial charge >= 0.3 is 5.97 Å². The molecule has 1 N–H and O–H groups in total. The highest BCUT2D eigenvalue weighted by molar-refractivity contribution is 8.16. The largest absolute Gasteiger partial charge is 0.463 e. The Bertz CT molecular complexity index is 1040. The Kier molecular flexibility index (Phi) is 7.24. The van der Waals surface area contributed by atoms with Crippen LogP contribution in [0.15, 0.2) is 45.6 Å². The van der Waals surface area contributed by atoms with Gasteiger partial charge in [0.1, 0.15) is 0 Å². The Morgan fingerprint density at radius 1 is 1.30 bits per heavy atom. The van der Waals surface area contributed by atoms with E-state index in [-0.39, 0.29) is 31.0 Å². The molecule has 3 aliphatic heterocycles. The fraction of sp³-hybridized carbons (Fsp3) is 0.480. The number of hydrogen-bond donors (Lipinski definition) is 1. The first kappa shape index (κ1) is 23.6. The number of carbonyl (C=O) groups is 2. The molecule has 0 aliphatic carbocycles. The molecule has 1 amide bonds. The van der Waals surface area contributed by atoms with Gasteiger partial charge < -0.3 is 19.7 Å². The van der Waals surface area contributed by atoms with Crippen LogP contribution in [0, 0.1) is 13.8 Å². The van der Waals surface area contributed by atoms with Gasteiger partial charge in [-0.05, 0) is 57.1 Å². The van der Waals surface area contributed by atoms with Gasteiger partial charge in [-0.15, -0.1) is 0 Å². The Hall–Kier alpha value is -2.58. The number of benzene rings is 1. The van der Waals surface area contributed by atoms with Crippen molar-refractivity contribution >= 4 is 28.8 Å². The van der Waals surface area contributed by atoms with Gasteiger partial charge in [0.05, 0.1) is 36.4 Å². The van der Waals surface area contributed by atoms with Gasteiger partial charge in [-0.25, -0.2) is 9.79 Å². The molecular formula is C25H31N3O4S. The van der Waals surface area contributed by atoms with E-state index in [4.69, 9.17) is 14.5 Å². The number of ether oxygens (including phenoxy) is 2. The first-order valence-corrected chi connectivity index (χ1v) is 12.3. The molecule has 1 fully saturated rings. The highest BCUT2D eigenvalue weighted by atomic mass is 32.2. The molecule has 1 aromatic rings. The molecule has 0 unspecified atom stereocenters. The van der Waals surface area contributed by atoms with Crippen LogP contribution in [0.1, 0.15) is 55.8 Å². The van der Waals surface area contributed by atoms with Crippen LogP contribution >= 0.6 is 11.8 Å². The maximum atomic E-state index is 13.1. The number of thioether (sulfide) groups is 1. The number of amides is 1. The van der Waals surface area contributed by atoms with E-state index in [9.17, 15) is 9.59 Å². The lowest BCUT2D eigenvalue weighted by molar-refractivity contribution is -0.139. The lowest BCUT2D eigenvalue weighted by Crippen LogP contribution is -2.39. The Morgan fingerprint density at radius 2 is 2.12 bits per heavy atom. The Morgan fingerprint density at radius 3 is 2.85 bits per heavy atom. The maximum Gasteiger partial charge on any atom is 0.338 e. The van der Waals surface area contributed by atoms with Crippen molar-refractivity contribution in [3.63, 3.8) is 0 Å². The van der Waals surface area contributed by atoms with Gasteiger partial charge in [-0.2, -0.15) is 0 Å². The molecule has 3 aliphatic rings. The average molecular weight is 470 g/mol. The molecule has 1 saturated heterocycles. The zero-order valence-corrected chi connectivity index (χ0v) is 20.5. The SMILES string of the molecule is CCOC(=O)C1=C(C)N=C2SC=C(CC(=O)NC[C@H]3CCCO3)N2[C@H]1c1cc(C)ccc1C. The number of carbonyl (C=O) groups excluding carboxylic acids is 2. The molecule has 4 rings (SSSR count). The molecule has 176 valence electrons. The minimum atomic E-state index is -0.399. The summed E-state index contributed by atoms with van der Waals surface area (Å²) in [6, 6.07) is 5.83. The van der Waals surface area contributed by atoms with Gasteiger partial charge in [0.2, 0.25) is 5.91 Å². The maximum absolute atomic E-state index is 13.1. The van der Waals surface area contributed by atoms with Crippen molar-refractivity contribution < 1.29 is 19.1 Å². The fourth-order valence-electron chi connectivity index (χ4n) is 4.45. The summed E-state index contributed by atoms with van der Waals surface area (Å²) in [5.74, 6) is -0.440. The number of hydrogen-bond acceptors (Lipinski definition) is 7. The zero-order valence-electron chi connectivity index (χ0n) is 19.6. The van der Waals surface area contributed by atoms with Crippen LogP contribution in [0.5, 0.6) is 0 Å². The number of rotatable bonds is 7. The quantitative estimate of drug-likeness (QED) is 0.605. The minimum absolute atomic E-state index is 0.0673. The van der Waals surface area contributed by atoms with Gasteiger partial charge in [0.25, 0.3) is 0 Å². The van der Waals surface area contributed by atoms with E-state index < -0.39 is 6.04 Å². The summed E-state index contributed by atoms with van der Waals surface area (Å²) in [5, 5.41) is 5.73. The number of aliphatic imine (C=N–C) groups is 1. The van der Waals surface area contributed by atoms with Crippen LogP contribution < -0.4 is 5.32 Å². The van der Waals surface area contributed by atoms with Crippen LogP contribution in [-0.2, 0) is 19.1 Å². The van der Waals surface area contributed by atoms with E-state index in [1.165, 1.54) is 11.8 Å². The summed E-state index contributed by atoms with van der Waals surface area (Å²) in [6.07, 6.45) is 2.31. The van der Waals surface area contributed by atoms with Crippen LogP contribution in [0.3, 0.4) is 0 Å². The van der Waals surface area contributed by atoms with E-state index in [0.29, 0.717) is 17.8 Å². The molecule has 3 heterocycles. The second kappa shape index (κ2) is 10.1. The van der Waals surface area contributed by atoms with Crippen molar-refractivity contribution in [2.24, 2.45) is 4.99 Å². The number of nitrogens with one attached hydrogen (secondary N) is 1. The first-order chi connectivity index (χ1) is 15.9. The van der Waals surface area contributed by atoms with Crippen LogP contribution in [-0.4, -0.2) is 47.8 Å². The number of aryl methyl sites for hydroxylation is 2. The third-order valence-corrected chi connectivity index (χ3v) is 7.01. The van der Waals surface area contributed by atoms with Gasteiger partial charge in [0, 0.05) is 18.8 Å². The van der Waals surface area contributed by atoms with Crippen LogP contribution in [0.4, 0.5) is 0 Å². The number of nitrogens with zero attached hydrogens (tertiary/aromatic N) is 2. The summed E-state index contributed by atoms with van der Waals surface area (Å²) in [4.78, 5) is 32.6. The minimum Gasteiger partial charge on any atom is -0.463 e. The van der Waals surface area contributed by atoms with E-state index >= 15 is 0 Å². The predicted octanol–water partition coefficient (Wildman–Crippen LogP) is 4.13. The topological polar surface area (TPSA) is 80.2 Å². The third-order valence-electron chi connectivity index (χ3n) is 6.12. The van der Waals surface area contributed by atoms with Crippen LogP contribution in [0.25, 0.3) is 0 Å². The summed E-state index contributed by atoms with van der Waals surface area (Å²) in [7, 11) is 0. The fourth-order valence-corrected chi connectivity index (χ4v) is 5.41. The Labute approximate surface area is 199 Å². The van der Waals surface area contributed by atoms with Crippen molar-refractivity contribution in [1.82, 2.24) is 10.2 Å². The van der Waals surface area contributed by atoms with Crippen LogP contribution in [0.2, 0.25) is 0 Å². The molecule has 2 atom stereocenters. The van der Waals surface area contributed by atoms with Crippen molar-refractivity contribution in [3.8, 4) is 0 Å². The number of allylic oxidation sites excluding steroid dienone is 1. The van der Waals surface area contributed by atoms with Gasteiger partial charge in [-0.1, -0.05) is 35.5 Å². The molecule has 8 heteroatoms. The zero-order chi connectivity index (χ0) is 23.5. The van der Waals surface area contributed by atoms with Gasteiger partial charge in [-0.3, -0.25) is 4.79 Å². The normalized spacial score (nSPS) is 22.1. The molecule has 33 heavy (non-hydrogen) atoms. The van der Waals surface area contributed by atoms with E-state index in [0.717, 1.165) is 47.0 Å². The van der Waals surface area contributed by atoms with Crippen molar-refractivity contribution in [1.29, 1.82) is 0 Å². The molecule has 1 aromatic carbocycles. The lowest BCUT2D eigenvalue weighted by Gasteiger charge is -2.37. The van der Waals surface area contributed by atoms with Crippen molar-refractivity contribution in [3.05, 3.63) is 57.3 Å². The number of esters is 1. The van der Waals surface area contributed by atoms with Gasteiger partial charge in [0.15, 0.2) is 5.17 Å². The second-order valence-electron chi connectivity index (χ2n) is 8.59. The highest BCUT2D eigenvalue weighted by Gasteiger charge is 2.41. The molecule has 0 bridgehead atoms. The third kappa shape index (κ3) is 5.01. The van der Waals surface area contributed by atoms with Crippen molar-refractivity contribution in [2.75, 3.05) is 19.8 Å². The highest BCUT2D eigenvalue weighted by Crippen LogP contribution is 2.45. The molecular weight excluding hydrogens is 438 g/mol. The summed E-state index contributed by atoms with van der Waals surface area (Å²) >= 11 is 1.48. The number of amidine groups is 1. The smallest absolute Gasteiger partial charge is 0.338 e. The van der Waals surface area contributed by atoms with E-state index in [2.05, 4.69) is 23.5 Å². The predicted molar refractivity (Wildman–Crippen MR) is 130 cm³/mol. The molecule has 0 aromatic heterocycles. The Balaban J connectivity index is 1.64. The average Bonchev–Trinajstić information content (AvgIpc) is 3.43. The summed E-state index contributed by atoms with van der Waals surface area (Å²) < 4.78 is 11.0. The molecule has 7 nitrogen and oxygen atoms in total. The van der Waals surface area contributed by atoms with Crippen molar-refractivity contribution in [2.45, 2.75) is 59.1 Å². The first-order valence-electron chi connectivity index (χ1n) is 11.5. The molecule has 0 saturated carbocycles. The molecule has 0 spiro atoms. The monoisotopic (exact) mass is 469 g/mol. The number of fused-ring (bicyclic) bond motifs is 1. The van der Waals surface area contributed by atoms with E-state index in [1.807, 2.05) is 31.1 Å². The molecule has 0 radical (unpaired) electrons. The standard InChI is InChI=1S/C25H31N3O4S/c1-5-31-24(30)22-17(4)27-25-28(23(22)20-11-15(2)8-9-16(20)3)18(14-33-25)12-21(29)26-13-19-7-6-10-32-19/h8-9,11,14,19,23H,5-7,10,12-13H2,1-4H3,(H,26,29)/t19-,23+/m1/s1. The summed E-state index contributed by atoms with van der Waals surface area (Å²) in [5.41, 5.74) is 5.17.